The molecule has 4 nitrogen and oxygen atoms in total. The maximum atomic E-state index is 14.2. The number of rotatable bonds is 11. The molecule has 2 saturated heterocycles. The molecule has 1 N–H and O–H groups in total. The first kappa shape index (κ1) is 27.9. The van der Waals surface area contributed by atoms with E-state index in [9.17, 15) is 14.3 Å². The minimum atomic E-state index is -0.703. The van der Waals surface area contributed by atoms with Crippen LogP contribution in [0.3, 0.4) is 0 Å². The SMILES string of the molecule is C#Cc1ccccc1CCCC1CCN(CC2CN(C(CC3CCC3)C(=O)O)CC2c2cccc(F)c2)CC1. The number of halogens is 1. The average Bonchev–Trinajstić information content (AvgIpc) is 3.32. The maximum Gasteiger partial charge on any atom is 0.320 e. The first-order valence-corrected chi connectivity index (χ1v) is 15.0. The quantitative estimate of drug-likeness (QED) is 0.351. The highest BCUT2D eigenvalue weighted by Crippen LogP contribution is 2.38. The Morgan fingerprint density at radius 1 is 1.05 bits per heavy atom. The van der Waals surface area contributed by atoms with Crippen LogP contribution in [0.1, 0.15) is 74.0 Å². The molecular weight excluding hydrogens is 487 g/mol. The Labute approximate surface area is 233 Å². The standard InChI is InChI=1S/C34H43FN2O2/c1-2-27-11-3-4-12-28(27)13-6-8-25-16-18-36(19-17-25)22-30-23-37(33(34(38)39)20-26-9-5-10-26)24-32(30)29-14-7-15-31(35)21-29/h1,3-4,7,11-12,14-15,21,25-26,30,32-33H,5-6,8-10,13,16-20,22-24H2,(H,38,39). The van der Waals surface area contributed by atoms with E-state index in [1.165, 1.54) is 43.7 Å². The molecule has 1 aliphatic carbocycles. The number of carboxylic acids is 1. The molecule has 0 aromatic heterocycles. The van der Waals surface area contributed by atoms with Crippen LogP contribution in [0.5, 0.6) is 0 Å². The van der Waals surface area contributed by atoms with E-state index in [1.54, 1.807) is 12.1 Å². The van der Waals surface area contributed by atoms with Crippen molar-refractivity contribution < 1.29 is 14.3 Å². The highest BCUT2D eigenvalue weighted by molar-refractivity contribution is 5.73. The lowest BCUT2D eigenvalue weighted by atomic mass is 9.80. The fourth-order valence-electron chi connectivity index (χ4n) is 7.16. The summed E-state index contributed by atoms with van der Waals surface area (Å²) in [5.74, 6) is 3.66. The average molecular weight is 531 g/mol. The van der Waals surface area contributed by atoms with Crippen LogP contribution in [0.4, 0.5) is 4.39 Å². The maximum absolute atomic E-state index is 14.2. The fraction of sp³-hybridized carbons (Fsp3) is 0.559. The molecule has 5 heteroatoms. The summed E-state index contributed by atoms with van der Waals surface area (Å²) in [7, 11) is 0. The van der Waals surface area contributed by atoms with E-state index in [0.717, 1.165) is 68.9 Å². The summed E-state index contributed by atoms with van der Waals surface area (Å²) in [6.45, 7) is 4.60. The van der Waals surface area contributed by atoms with Crippen molar-refractivity contribution in [2.75, 3.05) is 32.7 Å². The van der Waals surface area contributed by atoms with Crippen LogP contribution in [0.15, 0.2) is 48.5 Å². The molecule has 0 bridgehead atoms. The molecule has 0 spiro atoms. The molecule has 5 rings (SSSR count). The molecule has 39 heavy (non-hydrogen) atoms. The molecule has 3 atom stereocenters. The van der Waals surface area contributed by atoms with Gasteiger partial charge in [0.2, 0.25) is 0 Å². The Morgan fingerprint density at radius 2 is 1.85 bits per heavy atom. The normalized spacial score (nSPS) is 23.8. The smallest absolute Gasteiger partial charge is 0.320 e. The minimum Gasteiger partial charge on any atom is -0.480 e. The first-order chi connectivity index (χ1) is 19.0. The monoisotopic (exact) mass is 530 g/mol. The Bertz CT molecular complexity index is 1150. The van der Waals surface area contributed by atoms with Gasteiger partial charge in [0.25, 0.3) is 0 Å². The zero-order chi connectivity index (χ0) is 27.2. The summed E-state index contributed by atoms with van der Waals surface area (Å²) < 4.78 is 14.2. The lowest BCUT2D eigenvalue weighted by Gasteiger charge is -2.35. The van der Waals surface area contributed by atoms with Gasteiger partial charge in [0.1, 0.15) is 11.9 Å². The van der Waals surface area contributed by atoms with Crippen molar-refractivity contribution in [1.29, 1.82) is 0 Å². The van der Waals surface area contributed by atoms with Crippen LogP contribution in [-0.2, 0) is 11.2 Å². The van der Waals surface area contributed by atoms with Gasteiger partial charge in [-0.25, -0.2) is 4.39 Å². The largest absolute Gasteiger partial charge is 0.480 e. The number of hydrogen-bond donors (Lipinski definition) is 1. The molecular formula is C34H43FN2O2. The second kappa shape index (κ2) is 13.1. The highest BCUT2D eigenvalue weighted by atomic mass is 19.1. The van der Waals surface area contributed by atoms with Crippen LogP contribution in [0, 0.1) is 35.9 Å². The number of likely N-dealkylation sites (tertiary alicyclic amines) is 2. The molecule has 2 heterocycles. The Morgan fingerprint density at radius 3 is 2.54 bits per heavy atom. The van der Waals surface area contributed by atoms with E-state index in [2.05, 4.69) is 27.9 Å². The Kier molecular flexibility index (Phi) is 9.37. The van der Waals surface area contributed by atoms with Crippen LogP contribution in [0.2, 0.25) is 0 Å². The molecule has 0 amide bonds. The second-order valence-corrected chi connectivity index (χ2v) is 12.2. The topological polar surface area (TPSA) is 43.8 Å². The van der Waals surface area contributed by atoms with Gasteiger partial charge in [-0.1, -0.05) is 61.9 Å². The molecule has 2 aromatic carbocycles. The predicted octanol–water partition coefficient (Wildman–Crippen LogP) is 6.20. The molecule has 3 unspecified atom stereocenters. The summed E-state index contributed by atoms with van der Waals surface area (Å²) in [6, 6.07) is 14.8. The third kappa shape index (κ3) is 7.10. The number of carbonyl (C=O) groups is 1. The van der Waals surface area contributed by atoms with Gasteiger partial charge in [-0.15, -0.1) is 6.42 Å². The molecule has 1 saturated carbocycles. The number of aliphatic carboxylic acids is 1. The molecule has 0 radical (unpaired) electrons. The summed E-state index contributed by atoms with van der Waals surface area (Å²) in [4.78, 5) is 17.1. The second-order valence-electron chi connectivity index (χ2n) is 12.2. The number of carboxylic acid groups (broad SMARTS) is 1. The predicted molar refractivity (Wildman–Crippen MR) is 154 cm³/mol. The molecule has 3 fully saturated rings. The van der Waals surface area contributed by atoms with Crippen molar-refractivity contribution in [1.82, 2.24) is 9.80 Å². The summed E-state index contributed by atoms with van der Waals surface area (Å²) in [5, 5.41) is 10.1. The Balaban J connectivity index is 1.17. The van der Waals surface area contributed by atoms with Crippen molar-refractivity contribution in [3.05, 3.63) is 71.0 Å². The van der Waals surface area contributed by atoms with E-state index >= 15 is 0 Å². The lowest BCUT2D eigenvalue weighted by Crippen LogP contribution is -2.43. The van der Waals surface area contributed by atoms with E-state index in [1.807, 2.05) is 18.2 Å². The zero-order valence-corrected chi connectivity index (χ0v) is 23.1. The van der Waals surface area contributed by atoms with Crippen LogP contribution in [0.25, 0.3) is 0 Å². The third-order valence-electron chi connectivity index (χ3n) is 9.68. The Hall–Kier alpha value is -2.68. The van der Waals surface area contributed by atoms with Gasteiger partial charge in [0.15, 0.2) is 0 Å². The number of aryl methyl sites for hydroxylation is 1. The molecule has 3 aliphatic rings. The van der Waals surface area contributed by atoms with Gasteiger partial charge in [-0.05, 0) is 92.3 Å². The van der Waals surface area contributed by atoms with E-state index in [4.69, 9.17) is 6.42 Å². The zero-order valence-electron chi connectivity index (χ0n) is 23.1. The van der Waals surface area contributed by atoms with Crippen molar-refractivity contribution in [2.45, 2.75) is 69.7 Å². The van der Waals surface area contributed by atoms with Crippen molar-refractivity contribution in [2.24, 2.45) is 17.8 Å². The summed E-state index contributed by atoms with van der Waals surface area (Å²) in [6.07, 6.45) is 15.8. The highest BCUT2D eigenvalue weighted by Gasteiger charge is 2.41. The van der Waals surface area contributed by atoms with Gasteiger partial charge in [0, 0.05) is 31.1 Å². The van der Waals surface area contributed by atoms with E-state index < -0.39 is 12.0 Å². The van der Waals surface area contributed by atoms with Gasteiger partial charge < -0.3 is 10.0 Å². The molecule has 208 valence electrons. The minimum absolute atomic E-state index is 0.165. The van der Waals surface area contributed by atoms with Gasteiger partial charge in [-0.2, -0.15) is 0 Å². The summed E-state index contributed by atoms with van der Waals surface area (Å²) >= 11 is 0. The number of terminal acetylenes is 1. The first-order valence-electron chi connectivity index (χ1n) is 15.0. The van der Waals surface area contributed by atoms with Crippen LogP contribution < -0.4 is 0 Å². The fourth-order valence-corrected chi connectivity index (χ4v) is 7.16. The third-order valence-corrected chi connectivity index (χ3v) is 9.68. The van der Waals surface area contributed by atoms with Crippen molar-refractivity contribution in [3.8, 4) is 12.3 Å². The van der Waals surface area contributed by atoms with Gasteiger partial charge >= 0.3 is 5.97 Å². The molecule has 2 aromatic rings. The van der Waals surface area contributed by atoms with Crippen molar-refractivity contribution in [3.63, 3.8) is 0 Å². The summed E-state index contributed by atoms with van der Waals surface area (Å²) in [5.41, 5.74) is 3.31. The van der Waals surface area contributed by atoms with Crippen LogP contribution in [-0.4, -0.2) is 59.6 Å². The number of benzene rings is 2. The number of piperidine rings is 1. The van der Waals surface area contributed by atoms with Gasteiger partial charge in [-0.3, -0.25) is 9.69 Å². The van der Waals surface area contributed by atoms with Gasteiger partial charge in [0.05, 0.1) is 0 Å². The van der Waals surface area contributed by atoms with E-state index in [-0.39, 0.29) is 11.7 Å². The van der Waals surface area contributed by atoms with Crippen LogP contribution >= 0.6 is 0 Å². The molecule has 2 aliphatic heterocycles. The van der Waals surface area contributed by atoms with Crippen molar-refractivity contribution >= 4 is 5.97 Å². The lowest BCUT2D eigenvalue weighted by molar-refractivity contribution is -0.144. The van der Waals surface area contributed by atoms with E-state index in [0.29, 0.717) is 18.4 Å². The number of hydrogen-bond acceptors (Lipinski definition) is 3. The number of nitrogens with zero attached hydrogens (tertiary/aromatic N) is 2.